The molecule has 36 heavy (non-hydrogen) atoms. The largest absolute Gasteiger partial charge is 0.324 e. The van der Waals surface area contributed by atoms with Crippen molar-refractivity contribution in [2.75, 3.05) is 11.9 Å². The zero-order chi connectivity index (χ0) is 25.5. The second kappa shape index (κ2) is 11.9. The van der Waals surface area contributed by atoms with Crippen molar-refractivity contribution in [3.8, 4) is 0 Å². The summed E-state index contributed by atoms with van der Waals surface area (Å²) < 4.78 is 29.2. The Hall–Kier alpha value is -2.91. The molecule has 0 atom stereocenters. The third-order valence-electron chi connectivity index (χ3n) is 5.38. The minimum atomic E-state index is -3.92. The van der Waals surface area contributed by atoms with Crippen molar-refractivity contribution in [3.05, 3.63) is 119 Å². The summed E-state index contributed by atoms with van der Waals surface area (Å²) in [5, 5.41) is 2.92. The predicted octanol–water partition coefficient (Wildman–Crippen LogP) is 6.74. The summed E-state index contributed by atoms with van der Waals surface area (Å²) in [5.74, 6) is -0.413. The molecule has 1 N–H and O–H groups in total. The number of sulfonamides is 1. The number of hydrogen-bond acceptors (Lipinski definition) is 4. The van der Waals surface area contributed by atoms with Crippen LogP contribution in [0.3, 0.4) is 0 Å². The lowest BCUT2D eigenvalue weighted by Gasteiger charge is -2.22. The molecule has 5 nitrogen and oxygen atoms in total. The van der Waals surface area contributed by atoms with Crippen LogP contribution < -0.4 is 5.32 Å². The van der Waals surface area contributed by atoms with E-state index in [1.807, 2.05) is 85.8 Å². The highest BCUT2D eigenvalue weighted by Crippen LogP contribution is 2.33. The molecular weight excluding hydrogens is 556 g/mol. The maximum Gasteiger partial charge on any atom is 0.243 e. The molecule has 0 unspecified atom stereocenters. The molecule has 0 fully saturated rings. The Balaban J connectivity index is 1.57. The van der Waals surface area contributed by atoms with Crippen LogP contribution in [0.25, 0.3) is 0 Å². The number of amides is 1. The highest BCUT2D eigenvalue weighted by molar-refractivity contribution is 9.10. The van der Waals surface area contributed by atoms with Crippen LogP contribution in [-0.2, 0) is 21.4 Å². The van der Waals surface area contributed by atoms with E-state index < -0.39 is 15.9 Å². The quantitative estimate of drug-likeness (QED) is 0.238. The Kier molecular flexibility index (Phi) is 8.64. The Morgan fingerprint density at radius 3 is 2.19 bits per heavy atom. The van der Waals surface area contributed by atoms with Crippen LogP contribution in [-0.4, -0.2) is 25.2 Å². The van der Waals surface area contributed by atoms with E-state index in [2.05, 4.69) is 21.2 Å². The van der Waals surface area contributed by atoms with E-state index in [0.29, 0.717) is 5.69 Å². The molecule has 0 aliphatic rings. The van der Waals surface area contributed by atoms with Crippen molar-refractivity contribution < 1.29 is 13.2 Å². The molecule has 184 valence electrons. The SMILES string of the molecule is Cc1ccc(S(=O)(=O)N(CC(=O)Nc2ccccc2Sc2ccccc2)Cc2ccc(Br)cc2)cc1. The fraction of sp³-hybridized carbons (Fsp3) is 0.107. The molecule has 0 aromatic heterocycles. The molecule has 0 spiro atoms. The predicted molar refractivity (Wildman–Crippen MR) is 149 cm³/mol. The number of carbonyl (C=O) groups excluding carboxylic acids is 1. The lowest BCUT2D eigenvalue weighted by molar-refractivity contribution is -0.116. The number of aryl methyl sites for hydroxylation is 1. The highest BCUT2D eigenvalue weighted by Gasteiger charge is 2.27. The number of carbonyl (C=O) groups is 1. The van der Waals surface area contributed by atoms with Crippen molar-refractivity contribution >= 4 is 49.3 Å². The summed E-state index contributed by atoms with van der Waals surface area (Å²) in [6.45, 7) is 1.64. The molecule has 0 aliphatic carbocycles. The lowest BCUT2D eigenvalue weighted by Crippen LogP contribution is -2.37. The van der Waals surface area contributed by atoms with Gasteiger partial charge in [0.2, 0.25) is 15.9 Å². The van der Waals surface area contributed by atoms with E-state index in [1.165, 1.54) is 16.1 Å². The molecule has 0 bridgehead atoms. The Morgan fingerprint density at radius 2 is 1.50 bits per heavy atom. The first-order chi connectivity index (χ1) is 17.3. The number of halogens is 1. The summed E-state index contributed by atoms with van der Waals surface area (Å²) in [6.07, 6.45) is 0. The molecule has 8 heteroatoms. The first kappa shape index (κ1) is 26.2. The van der Waals surface area contributed by atoms with Crippen LogP contribution in [0.1, 0.15) is 11.1 Å². The average molecular weight is 582 g/mol. The van der Waals surface area contributed by atoms with Gasteiger partial charge in [0.15, 0.2) is 0 Å². The Labute approximate surface area is 224 Å². The number of para-hydroxylation sites is 1. The molecule has 0 heterocycles. The summed E-state index contributed by atoms with van der Waals surface area (Å²) >= 11 is 4.94. The Bertz CT molecular complexity index is 1430. The van der Waals surface area contributed by atoms with Crippen LogP contribution >= 0.6 is 27.7 Å². The molecule has 4 rings (SSSR count). The summed E-state index contributed by atoms with van der Waals surface area (Å²) in [5.41, 5.74) is 2.37. The van der Waals surface area contributed by atoms with Gasteiger partial charge in [-0.3, -0.25) is 4.79 Å². The molecule has 0 aliphatic heterocycles. The second-order valence-electron chi connectivity index (χ2n) is 8.17. The summed E-state index contributed by atoms with van der Waals surface area (Å²) in [6, 6.07) is 31.4. The minimum Gasteiger partial charge on any atom is -0.324 e. The van der Waals surface area contributed by atoms with Crippen LogP contribution in [0, 0.1) is 6.92 Å². The topological polar surface area (TPSA) is 66.5 Å². The number of hydrogen-bond donors (Lipinski definition) is 1. The number of nitrogens with one attached hydrogen (secondary N) is 1. The first-order valence-corrected chi connectivity index (χ1v) is 14.3. The van der Waals surface area contributed by atoms with Gasteiger partial charge in [0.05, 0.1) is 17.1 Å². The maximum absolute atomic E-state index is 13.5. The number of nitrogens with zero attached hydrogens (tertiary/aromatic N) is 1. The van der Waals surface area contributed by atoms with Crippen molar-refractivity contribution in [3.63, 3.8) is 0 Å². The normalized spacial score (nSPS) is 11.4. The van der Waals surface area contributed by atoms with Gasteiger partial charge in [-0.05, 0) is 61.0 Å². The summed E-state index contributed by atoms with van der Waals surface area (Å²) in [4.78, 5) is 15.2. The van der Waals surface area contributed by atoms with Gasteiger partial charge in [0.25, 0.3) is 0 Å². The van der Waals surface area contributed by atoms with Gasteiger partial charge >= 0.3 is 0 Å². The molecule has 0 saturated carbocycles. The minimum absolute atomic E-state index is 0.0668. The van der Waals surface area contributed by atoms with Gasteiger partial charge in [0.1, 0.15) is 0 Å². The van der Waals surface area contributed by atoms with E-state index >= 15 is 0 Å². The van der Waals surface area contributed by atoms with Crippen molar-refractivity contribution in [2.24, 2.45) is 0 Å². The van der Waals surface area contributed by atoms with E-state index in [9.17, 15) is 13.2 Å². The van der Waals surface area contributed by atoms with Gasteiger partial charge in [-0.25, -0.2) is 8.42 Å². The molecular formula is C28H25BrN2O3S2. The van der Waals surface area contributed by atoms with Crippen LogP contribution in [0.15, 0.2) is 122 Å². The standard InChI is InChI=1S/C28H25BrN2O3S2/c1-21-11-17-25(18-12-21)36(33,34)31(19-22-13-15-23(29)16-14-22)20-28(32)30-26-9-5-6-10-27(26)35-24-7-3-2-4-8-24/h2-18H,19-20H2,1H3,(H,30,32). The third kappa shape index (κ3) is 6.85. The van der Waals surface area contributed by atoms with Crippen molar-refractivity contribution in [1.29, 1.82) is 0 Å². The highest BCUT2D eigenvalue weighted by atomic mass is 79.9. The molecule has 0 radical (unpaired) electrons. The number of rotatable bonds is 9. The molecule has 0 saturated heterocycles. The zero-order valence-corrected chi connectivity index (χ0v) is 22.8. The Morgan fingerprint density at radius 1 is 0.861 bits per heavy atom. The van der Waals surface area contributed by atoms with Crippen LogP contribution in [0.4, 0.5) is 5.69 Å². The van der Waals surface area contributed by atoms with Crippen LogP contribution in [0.5, 0.6) is 0 Å². The average Bonchev–Trinajstić information content (AvgIpc) is 2.87. The van der Waals surface area contributed by atoms with E-state index in [1.54, 1.807) is 24.3 Å². The second-order valence-corrected chi connectivity index (χ2v) is 12.1. The fourth-order valence-corrected chi connectivity index (χ4v) is 6.07. The van der Waals surface area contributed by atoms with Crippen LogP contribution in [0.2, 0.25) is 0 Å². The van der Waals surface area contributed by atoms with E-state index in [4.69, 9.17) is 0 Å². The zero-order valence-electron chi connectivity index (χ0n) is 19.6. The maximum atomic E-state index is 13.5. The fourth-order valence-electron chi connectivity index (χ4n) is 3.50. The molecule has 4 aromatic carbocycles. The number of anilines is 1. The van der Waals surface area contributed by atoms with Gasteiger partial charge < -0.3 is 5.32 Å². The van der Waals surface area contributed by atoms with Crippen molar-refractivity contribution in [2.45, 2.75) is 28.2 Å². The monoisotopic (exact) mass is 580 g/mol. The number of benzene rings is 4. The van der Waals surface area contributed by atoms with Gasteiger partial charge in [-0.15, -0.1) is 0 Å². The summed E-state index contributed by atoms with van der Waals surface area (Å²) in [7, 11) is -3.92. The first-order valence-electron chi connectivity index (χ1n) is 11.2. The smallest absolute Gasteiger partial charge is 0.243 e. The molecule has 4 aromatic rings. The van der Waals surface area contributed by atoms with E-state index in [-0.39, 0.29) is 18.0 Å². The van der Waals surface area contributed by atoms with Crippen molar-refractivity contribution in [1.82, 2.24) is 4.31 Å². The van der Waals surface area contributed by atoms with Gasteiger partial charge in [-0.2, -0.15) is 4.31 Å². The van der Waals surface area contributed by atoms with Gasteiger partial charge in [0, 0.05) is 20.8 Å². The van der Waals surface area contributed by atoms with E-state index in [0.717, 1.165) is 25.4 Å². The van der Waals surface area contributed by atoms with Gasteiger partial charge in [-0.1, -0.05) is 87.9 Å². The third-order valence-corrected chi connectivity index (χ3v) is 8.80. The lowest BCUT2D eigenvalue weighted by atomic mass is 10.2. The molecule has 1 amide bonds.